The molecule has 4 heteroatoms. The first kappa shape index (κ1) is 10.7. The Kier molecular flexibility index (Phi) is 3.65. The van der Waals surface area contributed by atoms with E-state index in [4.69, 9.17) is 17.0 Å². The first-order valence-electron chi connectivity index (χ1n) is 4.03. The summed E-state index contributed by atoms with van der Waals surface area (Å²) < 4.78 is 4.60. The van der Waals surface area contributed by atoms with Gasteiger partial charge >= 0.3 is 0 Å². The van der Waals surface area contributed by atoms with E-state index in [9.17, 15) is 4.79 Å². The maximum absolute atomic E-state index is 11.5. The van der Waals surface area contributed by atoms with Gasteiger partial charge in [-0.05, 0) is 24.3 Å². The van der Waals surface area contributed by atoms with Crippen molar-refractivity contribution in [2.75, 3.05) is 7.11 Å². The molecule has 0 amide bonds. The van der Waals surface area contributed by atoms with Gasteiger partial charge in [-0.3, -0.25) is 10.2 Å². The van der Waals surface area contributed by atoms with Crippen molar-refractivity contribution in [1.29, 1.82) is 5.41 Å². The number of ether oxygens (including phenoxy) is 1. The van der Waals surface area contributed by atoms with Crippen molar-refractivity contribution in [2.24, 2.45) is 0 Å². The van der Waals surface area contributed by atoms with Crippen LogP contribution in [0.5, 0.6) is 0 Å². The van der Waals surface area contributed by atoms with Crippen molar-refractivity contribution < 1.29 is 9.53 Å². The van der Waals surface area contributed by atoms with Crippen LogP contribution >= 0.6 is 11.6 Å². The Hall–Kier alpha value is -1.35. The van der Waals surface area contributed by atoms with Crippen LogP contribution in [-0.2, 0) is 4.74 Å². The summed E-state index contributed by atoms with van der Waals surface area (Å²) >= 11 is 5.67. The molecular formula is C10H10ClNO2. The number of nitrogens with one attached hydrogen (secondary N) is 1. The molecule has 0 bridgehead atoms. The molecule has 74 valence electrons. The van der Waals surface area contributed by atoms with Crippen molar-refractivity contribution in [3.8, 4) is 0 Å². The predicted octanol–water partition coefficient (Wildman–Crippen LogP) is 2.54. The normalized spacial score (nSPS) is 9.57. The Labute approximate surface area is 87.2 Å². The lowest BCUT2D eigenvalue weighted by molar-refractivity contribution is 0.0994. The molecule has 14 heavy (non-hydrogen) atoms. The molecule has 0 aliphatic carbocycles. The van der Waals surface area contributed by atoms with E-state index < -0.39 is 0 Å². The van der Waals surface area contributed by atoms with Crippen molar-refractivity contribution in [3.05, 3.63) is 34.9 Å². The average molecular weight is 212 g/mol. The monoisotopic (exact) mass is 211 g/mol. The number of Topliss-reactive ketones (excluding diaryl/α,β-unsaturated/α-hetero) is 1. The highest BCUT2D eigenvalue weighted by Gasteiger charge is 2.08. The molecule has 0 radical (unpaired) electrons. The first-order chi connectivity index (χ1) is 6.63. The molecule has 0 saturated heterocycles. The molecule has 0 spiro atoms. The zero-order valence-electron chi connectivity index (χ0n) is 7.71. The van der Waals surface area contributed by atoms with E-state index in [1.54, 1.807) is 24.3 Å². The lowest BCUT2D eigenvalue weighted by Crippen LogP contribution is -2.08. The third-order valence-corrected chi connectivity index (χ3v) is 1.99. The minimum atomic E-state index is -0.145. The summed E-state index contributed by atoms with van der Waals surface area (Å²) in [4.78, 5) is 11.5. The van der Waals surface area contributed by atoms with Crippen molar-refractivity contribution in [3.63, 3.8) is 0 Å². The van der Waals surface area contributed by atoms with E-state index in [1.807, 2.05) is 0 Å². The number of benzene rings is 1. The van der Waals surface area contributed by atoms with E-state index in [0.29, 0.717) is 10.6 Å². The molecule has 0 atom stereocenters. The van der Waals surface area contributed by atoms with Crippen LogP contribution in [0, 0.1) is 5.41 Å². The quantitative estimate of drug-likeness (QED) is 0.475. The van der Waals surface area contributed by atoms with Gasteiger partial charge in [0.05, 0.1) is 13.5 Å². The highest BCUT2D eigenvalue weighted by atomic mass is 35.5. The highest BCUT2D eigenvalue weighted by molar-refractivity contribution is 6.30. The summed E-state index contributed by atoms with van der Waals surface area (Å²) in [6, 6.07) is 6.55. The van der Waals surface area contributed by atoms with Crippen LogP contribution in [0.3, 0.4) is 0 Å². The third kappa shape index (κ3) is 2.85. The molecule has 1 N–H and O–H groups in total. The summed E-state index contributed by atoms with van der Waals surface area (Å²) in [6.45, 7) is 0. The second-order valence-corrected chi connectivity index (χ2v) is 3.17. The van der Waals surface area contributed by atoms with Crippen molar-refractivity contribution in [2.45, 2.75) is 6.42 Å². The molecule has 1 aromatic rings. The maximum atomic E-state index is 11.5. The summed E-state index contributed by atoms with van der Waals surface area (Å²) in [5.74, 6) is -0.182. The smallest absolute Gasteiger partial charge is 0.188 e. The van der Waals surface area contributed by atoms with Crippen LogP contribution in [0.2, 0.25) is 5.02 Å². The van der Waals surface area contributed by atoms with E-state index in [2.05, 4.69) is 4.74 Å². The van der Waals surface area contributed by atoms with Crippen LogP contribution in [0.25, 0.3) is 0 Å². The predicted molar refractivity (Wildman–Crippen MR) is 55.1 cm³/mol. The lowest BCUT2D eigenvalue weighted by atomic mass is 10.1. The molecule has 0 aliphatic heterocycles. The minimum absolute atomic E-state index is 0.0157. The summed E-state index contributed by atoms with van der Waals surface area (Å²) in [5.41, 5.74) is 0.538. The largest absolute Gasteiger partial charge is 0.484 e. The van der Waals surface area contributed by atoms with E-state index in [-0.39, 0.29) is 18.1 Å². The van der Waals surface area contributed by atoms with Gasteiger partial charge in [-0.2, -0.15) is 0 Å². The number of hydrogen-bond donors (Lipinski definition) is 1. The van der Waals surface area contributed by atoms with Gasteiger partial charge in [-0.15, -0.1) is 0 Å². The molecule has 0 aromatic heterocycles. The number of carbonyl (C=O) groups is 1. The fourth-order valence-electron chi connectivity index (χ4n) is 0.956. The van der Waals surface area contributed by atoms with Gasteiger partial charge in [0, 0.05) is 10.6 Å². The standard InChI is InChI=1S/C10H10ClNO2/c1-14-10(12)6-9(13)7-2-4-8(11)5-3-7/h2-5,12H,6H2,1H3. The van der Waals surface area contributed by atoms with Crippen molar-refractivity contribution in [1.82, 2.24) is 0 Å². The van der Waals surface area contributed by atoms with E-state index in [1.165, 1.54) is 7.11 Å². The van der Waals surface area contributed by atoms with Gasteiger partial charge in [0.25, 0.3) is 0 Å². The van der Waals surface area contributed by atoms with E-state index in [0.717, 1.165) is 0 Å². The molecule has 0 unspecified atom stereocenters. The Morgan fingerprint density at radius 3 is 2.50 bits per heavy atom. The Bertz CT molecular complexity index is 346. The Balaban J connectivity index is 2.70. The van der Waals surface area contributed by atoms with Gasteiger partial charge in [-0.25, -0.2) is 0 Å². The molecule has 1 aromatic carbocycles. The Morgan fingerprint density at radius 1 is 1.43 bits per heavy atom. The molecule has 1 rings (SSSR count). The number of hydrogen-bond acceptors (Lipinski definition) is 3. The highest BCUT2D eigenvalue weighted by Crippen LogP contribution is 2.11. The number of halogens is 1. The number of carbonyl (C=O) groups excluding carboxylic acids is 1. The van der Waals surface area contributed by atoms with Crippen LogP contribution < -0.4 is 0 Å². The molecule has 3 nitrogen and oxygen atoms in total. The van der Waals surface area contributed by atoms with Gasteiger partial charge in [0.1, 0.15) is 0 Å². The fraction of sp³-hybridized carbons (Fsp3) is 0.200. The fourth-order valence-corrected chi connectivity index (χ4v) is 1.08. The summed E-state index contributed by atoms with van der Waals surface area (Å²) in [7, 11) is 1.37. The maximum Gasteiger partial charge on any atom is 0.188 e. The van der Waals surface area contributed by atoms with Gasteiger partial charge in [-0.1, -0.05) is 11.6 Å². The number of rotatable bonds is 3. The van der Waals surface area contributed by atoms with E-state index >= 15 is 0 Å². The molecule has 0 saturated carbocycles. The lowest BCUT2D eigenvalue weighted by Gasteiger charge is -2.01. The van der Waals surface area contributed by atoms with Crippen LogP contribution in [-0.4, -0.2) is 18.8 Å². The molecule has 0 aliphatic rings. The summed E-state index contributed by atoms with van der Waals surface area (Å²) in [5, 5.41) is 7.78. The average Bonchev–Trinajstić information content (AvgIpc) is 2.18. The minimum Gasteiger partial charge on any atom is -0.484 e. The van der Waals surface area contributed by atoms with Gasteiger partial charge < -0.3 is 4.74 Å². The van der Waals surface area contributed by atoms with Gasteiger partial charge in [0.2, 0.25) is 0 Å². The van der Waals surface area contributed by atoms with Gasteiger partial charge in [0.15, 0.2) is 11.7 Å². The molecule has 0 fully saturated rings. The topological polar surface area (TPSA) is 50.1 Å². The molecule has 0 heterocycles. The van der Waals surface area contributed by atoms with Crippen LogP contribution in [0.4, 0.5) is 0 Å². The number of ketones is 1. The third-order valence-electron chi connectivity index (χ3n) is 1.73. The second kappa shape index (κ2) is 4.77. The SMILES string of the molecule is COC(=N)CC(=O)c1ccc(Cl)cc1. The molecular weight excluding hydrogens is 202 g/mol. The summed E-state index contributed by atoms with van der Waals surface area (Å²) in [6.07, 6.45) is -0.0157. The number of methoxy groups -OCH3 is 1. The zero-order valence-corrected chi connectivity index (χ0v) is 8.47. The van der Waals surface area contributed by atoms with Crippen molar-refractivity contribution >= 4 is 23.3 Å². The second-order valence-electron chi connectivity index (χ2n) is 2.73. The zero-order chi connectivity index (χ0) is 10.6. The Morgan fingerprint density at radius 2 is 2.00 bits per heavy atom. The van der Waals surface area contributed by atoms with Crippen LogP contribution in [0.1, 0.15) is 16.8 Å². The first-order valence-corrected chi connectivity index (χ1v) is 4.41. The van der Waals surface area contributed by atoms with Crippen LogP contribution in [0.15, 0.2) is 24.3 Å².